The number of carboxylic acids is 1. The molecule has 0 fully saturated rings. The lowest BCUT2D eigenvalue weighted by Crippen LogP contribution is -2.17. The summed E-state index contributed by atoms with van der Waals surface area (Å²) >= 11 is 0. The number of carbonyl (C=O) groups excluding carboxylic acids is 1. The maximum absolute atomic E-state index is 12.8. The average molecular weight is 519 g/mol. The van der Waals surface area contributed by atoms with Crippen LogP contribution in [0.4, 0.5) is 0 Å². The van der Waals surface area contributed by atoms with Crippen LogP contribution >= 0.6 is 0 Å². The summed E-state index contributed by atoms with van der Waals surface area (Å²) in [6, 6.07) is 19.9. The highest BCUT2D eigenvalue weighted by Crippen LogP contribution is 2.26. The predicted octanol–water partition coefficient (Wildman–Crippen LogP) is 3.94. The predicted molar refractivity (Wildman–Crippen MR) is 139 cm³/mol. The van der Waals surface area contributed by atoms with Gasteiger partial charge in [0.15, 0.2) is 6.29 Å². The van der Waals surface area contributed by atoms with Crippen LogP contribution in [0.3, 0.4) is 0 Å². The number of pyridine rings is 1. The van der Waals surface area contributed by atoms with Crippen molar-refractivity contribution in [3.05, 3.63) is 107 Å². The topological polar surface area (TPSA) is 125 Å². The van der Waals surface area contributed by atoms with Crippen molar-refractivity contribution in [1.82, 2.24) is 8.54 Å². The SMILES string of the molecule is COc1ccc(S(=O)(=O)n2cc(C=O)c3ccccc32)cc1.Cn1cc(C(=O)O)c(=O)c2ccccc21. The fourth-order valence-corrected chi connectivity index (χ4v) is 5.30. The Labute approximate surface area is 211 Å². The van der Waals surface area contributed by atoms with Crippen molar-refractivity contribution >= 4 is 44.1 Å². The van der Waals surface area contributed by atoms with Gasteiger partial charge in [0, 0.05) is 35.8 Å². The number of fused-ring (bicyclic) bond motifs is 2. The summed E-state index contributed by atoms with van der Waals surface area (Å²) in [5.74, 6) is -0.619. The van der Waals surface area contributed by atoms with Crippen molar-refractivity contribution in [2.24, 2.45) is 7.05 Å². The third-order valence-corrected chi connectivity index (χ3v) is 7.47. The van der Waals surface area contributed by atoms with Gasteiger partial charge in [0.25, 0.3) is 10.0 Å². The van der Waals surface area contributed by atoms with Crippen LogP contribution < -0.4 is 10.2 Å². The summed E-state index contributed by atoms with van der Waals surface area (Å²) < 4.78 is 33.4. The Morgan fingerprint density at radius 3 is 2.08 bits per heavy atom. The third-order valence-electron chi connectivity index (χ3n) is 5.78. The second-order valence-corrected chi connectivity index (χ2v) is 9.82. The molecule has 2 aromatic heterocycles. The van der Waals surface area contributed by atoms with E-state index in [9.17, 15) is 22.8 Å². The summed E-state index contributed by atoms with van der Waals surface area (Å²) in [7, 11) is -0.548. The van der Waals surface area contributed by atoms with E-state index in [-0.39, 0.29) is 10.5 Å². The summed E-state index contributed by atoms with van der Waals surface area (Å²) in [5.41, 5.74) is 0.910. The van der Waals surface area contributed by atoms with Crippen molar-refractivity contribution < 1.29 is 27.9 Å². The minimum Gasteiger partial charge on any atom is -0.497 e. The van der Waals surface area contributed by atoms with Crippen LogP contribution in [-0.4, -0.2) is 41.4 Å². The van der Waals surface area contributed by atoms with E-state index in [1.54, 1.807) is 66.2 Å². The van der Waals surface area contributed by atoms with E-state index in [4.69, 9.17) is 9.84 Å². The number of hydrogen-bond donors (Lipinski definition) is 1. The Morgan fingerprint density at radius 2 is 1.49 bits per heavy atom. The number of carbonyl (C=O) groups is 2. The Kier molecular flexibility index (Phi) is 6.94. The van der Waals surface area contributed by atoms with Crippen molar-refractivity contribution in [1.29, 1.82) is 0 Å². The van der Waals surface area contributed by atoms with E-state index in [1.165, 1.54) is 31.6 Å². The number of carboxylic acid groups (broad SMARTS) is 1. The molecule has 9 nitrogen and oxygen atoms in total. The average Bonchev–Trinajstić information content (AvgIpc) is 3.31. The largest absolute Gasteiger partial charge is 0.497 e. The standard InChI is InChI=1S/C16H13NO4S.C11H9NO3/c1-21-13-6-8-14(9-7-13)22(19,20)17-10-12(11-18)15-4-2-3-5-16(15)17;1-12-6-8(11(14)15)10(13)7-4-2-3-5-9(7)12/h2-11H,1H3;2-6H,1H3,(H,14,15). The fourth-order valence-electron chi connectivity index (χ4n) is 3.92. The Morgan fingerprint density at radius 1 is 0.892 bits per heavy atom. The molecule has 0 aliphatic heterocycles. The molecule has 37 heavy (non-hydrogen) atoms. The Balaban J connectivity index is 0.000000186. The van der Waals surface area contributed by atoms with Gasteiger partial charge in [-0.05, 0) is 42.5 Å². The zero-order valence-corrected chi connectivity index (χ0v) is 20.7. The van der Waals surface area contributed by atoms with E-state index < -0.39 is 21.4 Å². The van der Waals surface area contributed by atoms with Gasteiger partial charge in [-0.15, -0.1) is 0 Å². The van der Waals surface area contributed by atoms with Crippen LogP contribution in [0.1, 0.15) is 20.7 Å². The molecule has 0 saturated heterocycles. The molecule has 188 valence electrons. The molecular weight excluding hydrogens is 496 g/mol. The van der Waals surface area contributed by atoms with E-state index in [2.05, 4.69) is 0 Å². The number of aromatic nitrogens is 2. The van der Waals surface area contributed by atoms with Gasteiger partial charge < -0.3 is 14.4 Å². The highest BCUT2D eigenvalue weighted by molar-refractivity contribution is 7.90. The number of benzene rings is 3. The summed E-state index contributed by atoms with van der Waals surface area (Å²) in [5, 5.41) is 9.87. The molecule has 0 saturated carbocycles. The normalized spacial score (nSPS) is 11.1. The van der Waals surface area contributed by atoms with Crippen LogP contribution in [0.15, 0.2) is 94.9 Å². The van der Waals surface area contributed by atoms with Gasteiger partial charge in [-0.25, -0.2) is 17.2 Å². The molecule has 5 aromatic rings. The van der Waals surface area contributed by atoms with Gasteiger partial charge in [-0.2, -0.15) is 0 Å². The van der Waals surface area contributed by atoms with Crippen LogP contribution in [0.5, 0.6) is 5.75 Å². The first-order valence-corrected chi connectivity index (χ1v) is 12.4. The number of ether oxygens (including phenoxy) is 1. The van der Waals surface area contributed by atoms with E-state index in [0.29, 0.717) is 33.9 Å². The number of para-hydroxylation sites is 2. The number of aldehydes is 1. The number of hydrogen-bond acceptors (Lipinski definition) is 6. The maximum Gasteiger partial charge on any atom is 0.341 e. The second kappa shape index (κ2) is 10.1. The number of methoxy groups -OCH3 is 1. The molecule has 0 unspecified atom stereocenters. The third kappa shape index (κ3) is 4.74. The summed E-state index contributed by atoms with van der Waals surface area (Å²) in [4.78, 5) is 33.8. The highest BCUT2D eigenvalue weighted by Gasteiger charge is 2.21. The van der Waals surface area contributed by atoms with Crippen LogP contribution in [0.2, 0.25) is 0 Å². The highest BCUT2D eigenvalue weighted by atomic mass is 32.2. The molecular formula is C27H22N2O7S. The van der Waals surface area contributed by atoms with Gasteiger partial charge >= 0.3 is 5.97 Å². The molecule has 3 aromatic carbocycles. The van der Waals surface area contributed by atoms with Crippen LogP contribution in [-0.2, 0) is 17.1 Å². The van der Waals surface area contributed by atoms with Gasteiger partial charge in [0.2, 0.25) is 5.43 Å². The van der Waals surface area contributed by atoms with Crippen LogP contribution in [0.25, 0.3) is 21.8 Å². The van der Waals surface area contributed by atoms with Crippen molar-refractivity contribution in [2.75, 3.05) is 7.11 Å². The van der Waals surface area contributed by atoms with Crippen molar-refractivity contribution in [3.8, 4) is 5.75 Å². The zero-order chi connectivity index (χ0) is 26.7. The molecule has 0 aliphatic rings. The van der Waals surface area contributed by atoms with Crippen molar-refractivity contribution in [2.45, 2.75) is 4.90 Å². The van der Waals surface area contributed by atoms with Gasteiger partial charge in [0.05, 0.1) is 23.0 Å². The molecule has 0 aliphatic carbocycles. The lowest BCUT2D eigenvalue weighted by molar-refractivity contribution is 0.0694. The minimum absolute atomic E-state index is 0.131. The number of aromatic carboxylic acids is 1. The molecule has 0 amide bonds. The molecule has 0 radical (unpaired) electrons. The molecule has 2 heterocycles. The quantitative estimate of drug-likeness (QED) is 0.350. The Hall–Kier alpha value is -4.70. The first-order chi connectivity index (χ1) is 17.7. The molecule has 0 bridgehead atoms. The number of aryl methyl sites for hydroxylation is 1. The lowest BCUT2D eigenvalue weighted by Gasteiger charge is -2.08. The molecule has 10 heteroatoms. The molecule has 1 N–H and O–H groups in total. The summed E-state index contributed by atoms with van der Waals surface area (Å²) in [6.07, 6.45) is 3.34. The van der Waals surface area contributed by atoms with Gasteiger partial charge in [-0.3, -0.25) is 9.59 Å². The second-order valence-electron chi connectivity index (χ2n) is 8.00. The van der Waals surface area contributed by atoms with Crippen LogP contribution in [0, 0.1) is 0 Å². The van der Waals surface area contributed by atoms with E-state index in [1.807, 2.05) is 6.07 Å². The molecule has 0 spiro atoms. The zero-order valence-electron chi connectivity index (χ0n) is 19.9. The van der Waals surface area contributed by atoms with Crippen molar-refractivity contribution in [3.63, 3.8) is 0 Å². The monoisotopic (exact) mass is 518 g/mol. The first kappa shape index (κ1) is 25.4. The summed E-state index contributed by atoms with van der Waals surface area (Å²) in [6.45, 7) is 0. The Bertz CT molecular complexity index is 1800. The van der Waals surface area contributed by atoms with Gasteiger partial charge in [-0.1, -0.05) is 30.3 Å². The van der Waals surface area contributed by atoms with Gasteiger partial charge in [0.1, 0.15) is 11.3 Å². The maximum atomic E-state index is 12.8. The molecule has 0 atom stereocenters. The van der Waals surface area contributed by atoms with E-state index in [0.717, 1.165) is 9.49 Å². The minimum atomic E-state index is -3.78. The number of rotatable bonds is 5. The fraction of sp³-hybridized carbons (Fsp3) is 0.0741. The number of nitrogens with zero attached hydrogens (tertiary/aromatic N) is 2. The molecule has 5 rings (SSSR count). The lowest BCUT2D eigenvalue weighted by atomic mass is 10.1. The van der Waals surface area contributed by atoms with E-state index >= 15 is 0 Å². The first-order valence-electron chi connectivity index (χ1n) is 11.0. The smallest absolute Gasteiger partial charge is 0.341 e.